The topological polar surface area (TPSA) is 73.4 Å². The van der Waals surface area contributed by atoms with E-state index in [1.807, 2.05) is 6.07 Å². The van der Waals surface area contributed by atoms with E-state index in [2.05, 4.69) is 30.6 Å². The van der Waals surface area contributed by atoms with E-state index < -0.39 is 17.7 Å². The van der Waals surface area contributed by atoms with Crippen molar-refractivity contribution in [2.45, 2.75) is 25.3 Å². The highest BCUT2D eigenvalue weighted by atomic mass is 19.1. The molecule has 28 heavy (non-hydrogen) atoms. The lowest BCUT2D eigenvalue weighted by Crippen LogP contribution is -2.40. The summed E-state index contributed by atoms with van der Waals surface area (Å²) in [6, 6.07) is 4.29. The molecule has 0 saturated carbocycles. The largest absolute Gasteiger partial charge is 0.370 e. The van der Waals surface area contributed by atoms with Crippen molar-refractivity contribution in [2.24, 2.45) is 0 Å². The summed E-state index contributed by atoms with van der Waals surface area (Å²) in [6.07, 6.45) is 4.89. The van der Waals surface area contributed by atoms with Crippen LogP contribution in [0.25, 0.3) is 0 Å². The van der Waals surface area contributed by atoms with Crippen molar-refractivity contribution in [2.75, 3.05) is 41.3 Å². The van der Waals surface area contributed by atoms with E-state index in [9.17, 15) is 13.6 Å². The third-order valence-corrected chi connectivity index (χ3v) is 5.12. The molecule has 0 radical (unpaired) electrons. The molecule has 1 aromatic heterocycles. The third kappa shape index (κ3) is 4.13. The number of carbonyl (C=O) groups excluding carboxylic acids is 1. The highest BCUT2D eigenvalue weighted by Gasteiger charge is 2.26. The molecule has 2 saturated heterocycles. The Morgan fingerprint density at radius 3 is 2.75 bits per heavy atom. The van der Waals surface area contributed by atoms with Gasteiger partial charge < -0.3 is 20.4 Å². The number of carbonyl (C=O) groups is 1. The second-order valence-corrected chi connectivity index (χ2v) is 7.12. The van der Waals surface area contributed by atoms with Gasteiger partial charge in [-0.2, -0.15) is 5.10 Å². The van der Waals surface area contributed by atoms with E-state index in [0.29, 0.717) is 6.54 Å². The van der Waals surface area contributed by atoms with Crippen LogP contribution in [0.4, 0.5) is 30.8 Å². The minimum absolute atomic E-state index is 0.117. The molecule has 0 bridgehead atoms. The Labute approximate surface area is 161 Å². The van der Waals surface area contributed by atoms with Gasteiger partial charge in [-0.1, -0.05) is 0 Å². The zero-order valence-corrected chi connectivity index (χ0v) is 15.4. The number of urea groups is 1. The molecule has 3 heterocycles. The van der Waals surface area contributed by atoms with Gasteiger partial charge in [0.15, 0.2) is 5.82 Å². The molecule has 2 N–H and O–H groups in total. The predicted molar refractivity (Wildman–Crippen MR) is 103 cm³/mol. The highest BCUT2D eigenvalue weighted by Crippen LogP contribution is 2.25. The number of nitrogens with one attached hydrogen (secondary N) is 2. The molecule has 2 fully saturated rings. The molecule has 1 aromatic carbocycles. The number of amides is 2. The van der Waals surface area contributed by atoms with Gasteiger partial charge in [0, 0.05) is 44.4 Å². The number of anilines is 3. The number of aromatic nitrogens is 2. The monoisotopic (exact) mass is 388 g/mol. The van der Waals surface area contributed by atoms with Crippen LogP contribution in [-0.4, -0.2) is 48.4 Å². The van der Waals surface area contributed by atoms with Crippen LogP contribution < -0.4 is 20.4 Å². The smallest absolute Gasteiger partial charge is 0.319 e. The summed E-state index contributed by atoms with van der Waals surface area (Å²) < 4.78 is 26.9. The molecule has 2 aliphatic heterocycles. The standard InChI is InChI=1S/C19H22F2N6O/c20-13-3-4-16(21)17(9-13)24-19(28)23-14-5-8-27(12-14)18-10-15(11-22-25-18)26-6-1-2-7-26/h3-4,9-11,14H,1-2,5-8,12H2,(H2,23,24,28). The molecule has 1 atom stereocenters. The fraction of sp³-hybridized carbons (Fsp3) is 0.421. The maximum Gasteiger partial charge on any atom is 0.319 e. The first kappa shape index (κ1) is 18.4. The van der Waals surface area contributed by atoms with E-state index in [4.69, 9.17) is 0 Å². The highest BCUT2D eigenvalue weighted by molar-refractivity contribution is 5.89. The van der Waals surface area contributed by atoms with Crippen molar-refractivity contribution in [3.63, 3.8) is 0 Å². The van der Waals surface area contributed by atoms with Crippen LogP contribution in [0.2, 0.25) is 0 Å². The molecular weight excluding hydrogens is 366 g/mol. The quantitative estimate of drug-likeness (QED) is 0.843. The van der Waals surface area contributed by atoms with Crippen LogP contribution in [0.15, 0.2) is 30.5 Å². The number of nitrogens with zero attached hydrogens (tertiary/aromatic N) is 4. The maximum absolute atomic E-state index is 13.7. The van der Waals surface area contributed by atoms with E-state index in [1.165, 1.54) is 12.8 Å². The van der Waals surface area contributed by atoms with Gasteiger partial charge >= 0.3 is 6.03 Å². The minimum Gasteiger partial charge on any atom is -0.370 e. The average molecular weight is 388 g/mol. The van der Waals surface area contributed by atoms with Crippen LogP contribution >= 0.6 is 0 Å². The zero-order chi connectivity index (χ0) is 19.5. The molecule has 2 amide bonds. The van der Waals surface area contributed by atoms with Crippen molar-refractivity contribution in [1.29, 1.82) is 0 Å². The fourth-order valence-corrected chi connectivity index (χ4v) is 3.67. The van der Waals surface area contributed by atoms with E-state index in [-0.39, 0.29) is 11.7 Å². The second-order valence-electron chi connectivity index (χ2n) is 7.12. The molecule has 0 spiro atoms. The van der Waals surface area contributed by atoms with Crippen LogP contribution in [0, 0.1) is 11.6 Å². The summed E-state index contributed by atoms with van der Waals surface area (Å²) in [6.45, 7) is 3.38. The molecule has 2 aromatic rings. The van der Waals surface area contributed by atoms with Gasteiger partial charge in [-0.25, -0.2) is 13.6 Å². The van der Waals surface area contributed by atoms with Gasteiger partial charge in [0.05, 0.1) is 17.6 Å². The Hall–Kier alpha value is -2.97. The van der Waals surface area contributed by atoms with Crippen molar-refractivity contribution >= 4 is 23.2 Å². The van der Waals surface area contributed by atoms with Crippen molar-refractivity contribution in [1.82, 2.24) is 15.5 Å². The average Bonchev–Trinajstić information content (AvgIpc) is 3.37. The van der Waals surface area contributed by atoms with E-state index >= 15 is 0 Å². The van der Waals surface area contributed by atoms with Gasteiger partial charge in [-0.3, -0.25) is 0 Å². The summed E-state index contributed by atoms with van der Waals surface area (Å²) in [5.74, 6) is -0.510. The lowest BCUT2D eigenvalue weighted by molar-refractivity contribution is 0.249. The van der Waals surface area contributed by atoms with Gasteiger partial charge in [0.2, 0.25) is 0 Å². The number of hydrogen-bond acceptors (Lipinski definition) is 5. The van der Waals surface area contributed by atoms with Crippen LogP contribution in [0.1, 0.15) is 19.3 Å². The van der Waals surface area contributed by atoms with Gasteiger partial charge in [-0.15, -0.1) is 5.10 Å². The first-order chi connectivity index (χ1) is 13.6. The lowest BCUT2D eigenvalue weighted by Gasteiger charge is -2.21. The number of hydrogen-bond donors (Lipinski definition) is 2. The normalized spacial score (nSPS) is 19.1. The van der Waals surface area contributed by atoms with Crippen molar-refractivity contribution in [3.05, 3.63) is 42.1 Å². The van der Waals surface area contributed by atoms with Crippen molar-refractivity contribution < 1.29 is 13.6 Å². The Kier molecular flexibility index (Phi) is 5.23. The molecule has 2 aliphatic rings. The Balaban J connectivity index is 1.34. The molecule has 4 rings (SSSR count). The molecule has 9 heteroatoms. The van der Waals surface area contributed by atoms with Crippen LogP contribution in [0.5, 0.6) is 0 Å². The first-order valence-electron chi connectivity index (χ1n) is 9.44. The second kappa shape index (κ2) is 7.95. The van der Waals surface area contributed by atoms with Crippen LogP contribution in [0.3, 0.4) is 0 Å². The zero-order valence-electron chi connectivity index (χ0n) is 15.4. The lowest BCUT2D eigenvalue weighted by atomic mass is 10.2. The minimum atomic E-state index is -0.682. The van der Waals surface area contributed by atoms with E-state index in [1.54, 1.807) is 6.20 Å². The SMILES string of the molecule is O=C(Nc1cc(F)ccc1F)NC1CCN(c2cc(N3CCCC3)cnn2)C1. The molecular formula is C19H22F2N6O. The Morgan fingerprint density at radius 2 is 1.93 bits per heavy atom. The third-order valence-electron chi connectivity index (χ3n) is 5.12. The van der Waals surface area contributed by atoms with Gasteiger partial charge in [0.1, 0.15) is 11.6 Å². The Morgan fingerprint density at radius 1 is 1.11 bits per heavy atom. The maximum atomic E-state index is 13.7. The van der Waals surface area contributed by atoms with Crippen molar-refractivity contribution in [3.8, 4) is 0 Å². The summed E-state index contributed by atoms with van der Waals surface area (Å²) in [7, 11) is 0. The first-order valence-corrected chi connectivity index (χ1v) is 9.44. The summed E-state index contributed by atoms with van der Waals surface area (Å²) >= 11 is 0. The van der Waals surface area contributed by atoms with Crippen LogP contribution in [-0.2, 0) is 0 Å². The summed E-state index contributed by atoms with van der Waals surface area (Å²) in [5.41, 5.74) is 0.884. The molecule has 148 valence electrons. The summed E-state index contributed by atoms with van der Waals surface area (Å²) in [4.78, 5) is 16.5. The molecule has 7 nitrogen and oxygen atoms in total. The molecule has 0 aliphatic carbocycles. The summed E-state index contributed by atoms with van der Waals surface area (Å²) in [5, 5.41) is 13.5. The Bertz CT molecular complexity index is 858. The van der Waals surface area contributed by atoms with Gasteiger partial charge in [0.25, 0.3) is 0 Å². The molecule has 1 unspecified atom stereocenters. The number of benzene rings is 1. The number of halogens is 2. The van der Waals surface area contributed by atoms with E-state index in [0.717, 1.165) is 55.8 Å². The fourth-order valence-electron chi connectivity index (χ4n) is 3.67. The van der Waals surface area contributed by atoms with Gasteiger partial charge in [-0.05, 0) is 31.4 Å². The number of rotatable bonds is 4. The predicted octanol–water partition coefficient (Wildman–Crippen LogP) is 2.76.